The molecular weight excluding hydrogens is 196 g/mol. The van der Waals surface area contributed by atoms with Crippen molar-refractivity contribution in [1.29, 1.82) is 0 Å². The number of piperidine rings is 1. The maximum atomic E-state index is 11.5. The lowest BCUT2D eigenvalue weighted by Crippen LogP contribution is -2.42. The largest absolute Gasteiger partial charge is 0.377 e. The van der Waals surface area contributed by atoms with Crippen LogP contribution >= 0.6 is 0 Å². The molecule has 0 radical (unpaired) electrons. The highest BCUT2D eigenvalue weighted by molar-refractivity contribution is 5.77. The van der Waals surface area contributed by atoms with E-state index in [0.717, 1.165) is 25.9 Å². The summed E-state index contributed by atoms with van der Waals surface area (Å²) in [4.78, 5) is 13.3. The van der Waals surface area contributed by atoms with E-state index < -0.39 is 0 Å². The second kappa shape index (κ2) is 6.76. The van der Waals surface area contributed by atoms with Crippen molar-refractivity contribution in [3.8, 4) is 0 Å². The van der Waals surface area contributed by atoms with E-state index in [0.29, 0.717) is 13.2 Å². The summed E-state index contributed by atoms with van der Waals surface area (Å²) in [5.41, 5.74) is 5.35. The Balaban J connectivity index is 2.20. The SMILES string of the molecule is COCC(=O)N1CCC(OCCN)CC1. The highest BCUT2D eigenvalue weighted by Crippen LogP contribution is 2.13. The minimum Gasteiger partial charge on any atom is -0.377 e. The number of carbonyl (C=O) groups excluding carboxylic acids is 1. The van der Waals surface area contributed by atoms with Crippen molar-refractivity contribution in [3.05, 3.63) is 0 Å². The summed E-state index contributed by atoms with van der Waals surface area (Å²) in [6, 6.07) is 0. The second-order valence-corrected chi connectivity index (χ2v) is 3.67. The molecule has 0 aromatic rings. The molecule has 0 aromatic carbocycles. The van der Waals surface area contributed by atoms with E-state index in [1.54, 1.807) is 0 Å². The normalized spacial score (nSPS) is 18.1. The minimum absolute atomic E-state index is 0.0646. The van der Waals surface area contributed by atoms with E-state index in [4.69, 9.17) is 15.2 Å². The van der Waals surface area contributed by atoms with Crippen LogP contribution in [-0.4, -0.2) is 56.9 Å². The molecule has 5 heteroatoms. The molecule has 0 saturated carbocycles. The summed E-state index contributed by atoms with van der Waals surface area (Å²) in [6.45, 7) is 2.86. The number of methoxy groups -OCH3 is 1. The molecule has 1 aliphatic rings. The Labute approximate surface area is 90.5 Å². The van der Waals surface area contributed by atoms with Gasteiger partial charge in [-0.25, -0.2) is 0 Å². The van der Waals surface area contributed by atoms with Gasteiger partial charge in [0.15, 0.2) is 0 Å². The van der Waals surface area contributed by atoms with Crippen molar-refractivity contribution < 1.29 is 14.3 Å². The first-order valence-electron chi connectivity index (χ1n) is 5.36. The first-order chi connectivity index (χ1) is 7.27. The van der Waals surface area contributed by atoms with Crippen LogP contribution in [0.3, 0.4) is 0 Å². The second-order valence-electron chi connectivity index (χ2n) is 3.67. The van der Waals surface area contributed by atoms with Gasteiger partial charge in [-0.1, -0.05) is 0 Å². The standard InChI is InChI=1S/C10H20N2O3/c1-14-8-10(13)12-5-2-9(3-6-12)15-7-4-11/h9H,2-8,11H2,1H3. The topological polar surface area (TPSA) is 64.8 Å². The number of hydrogen-bond acceptors (Lipinski definition) is 4. The van der Waals surface area contributed by atoms with Gasteiger partial charge in [0.2, 0.25) is 5.91 Å². The molecule has 0 aromatic heterocycles. The molecule has 0 bridgehead atoms. The van der Waals surface area contributed by atoms with E-state index >= 15 is 0 Å². The number of hydrogen-bond donors (Lipinski definition) is 1. The number of rotatable bonds is 5. The Morgan fingerprint density at radius 3 is 2.67 bits per heavy atom. The van der Waals surface area contributed by atoms with Crippen molar-refractivity contribution in [1.82, 2.24) is 4.90 Å². The molecule has 0 spiro atoms. The average molecular weight is 216 g/mol. The predicted molar refractivity (Wildman–Crippen MR) is 56.5 cm³/mol. The molecule has 15 heavy (non-hydrogen) atoms. The van der Waals surface area contributed by atoms with Crippen LogP contribution in [-0.2, 0) is 14.3 Å². The first-order valence-corrected chi connectivity index (χ1v) is 5.36. The highest BCUT2D eigenvalue weighted by Gasteiger charge is 2.22. The molecule has 1 rings (SSSR count). The van der Waals surface area contributed by atoms with Gasteiger partial charge in [-0.15, -0.1) is 0 Å². The fraction of sp³-hybridized carbons (Fsp3) is 0.900. The summed E-state index contributed by atoms with van der Waals surface area (Å²) in [6.07, 6.45) is 2.06. The van der Waals surface area contributed by atoms with E-state index in [2.05, 4.69) is 0 Å². The quantitative estimate of drug-likeness (QED) is 0.679. The monoisotopic (exact) mass is 216 g/mol. The Hall–Kier alpha value is -0.650. The van der Waals surface area contributed by atoms with E-state index in [1.165, 1.54) is 7.11 Å². The number of amides is 1. The summed E-state index contributed by atoms with van der Waals surface area (Å²) >= 11 is 0. The van der Waals surface area contributed by atoms with Crippen molar-refractivity contribution in [3.63, 3.8) is 0 Å². The maximum Gasteiger partial charge on any atom is 0.248 e. The minimum atomic E-state index is 0.0646. The zero-order valence-electron chi connectivity index (χ0n) is 9.28. The Bertz CT molecular complexity index is 191. The van der Waals surface area contributed by atoms with Crippen LogP contribution in [0.4, 0.5) is 0 Å². The van der Waals surface area contributed by atoms with Gasteiger partial charge < -0.3 is 20.1 Å². The van der Waals surface area contributed by atoms with Gasteiger partial charge in [0, 0.05) is 26.7 Å². The molecule has 1 heterocycles. The van der Waals surface area contributed by atoms with Crippen LogP contribution in [0, 0.1) is 0 Å². The lowest BCUT2D eigenvalue weighted by atomic mass is 10.1. The summed E-state index contributed by atoms with van der Waals surface area (Å²) in [5.74, 6) is 0.0646. The van der Waals surface area contributed by atoms with Crippen LogP contribution in [0.2, 0.25) is 0 Å². The maximum absolute atomic E-state index is 11.5. The van der Waals surface area contributed by atoms with E-state index in [1.807, 2.05) is 4.90 Å². The smallest absolute Gasteiger partial charge is 0.248 e. The third-order valence-electron chi connectivity index (χ3n) is 2.53. The molecule has 1 saturated heterocycles. The molecule has 0 aliphatic carbocycles. The van der Waals surface area contributed by atoms with Crippen LogP contribution < -0.4 is 5.73 Å². The Kier molecular flexibility index (Phi) is 5.60. The fourth-order valence-electron chi connectivity index (χ4n) is 1.72. The molecule has 0 atom stereocenters. The zero-order chi connectivity index (χ0) is 11.1. The van der Waals surface area contributed by atoms with Crippen LogP contribution in [0.1, 0.15) is 12.8 Å². The predicted octanol–water partition coefficient (Wildman–Crippen LogP) is -0.401. The zero-order valence-corrected chi connectivity index (χ0v) is 9.28. The van der Waals surface area contributed by atoms with Crippen molar-refractivity contribution >= 4 is 5.91 Å². The molecular formula is C10H20N2O3. The number of likely N-dealkylation sites (tertiary alicyclic amines) is 1. The van der Waals surface area contributed by atoms with Crippen molar-refractivity contribution in [2.75, 3.05) is 40.0 Å². The number of nitrogens with two attached hydrogens (primary N) is 1. The lowest BCUT2D eigenvalue weighted by molar-refractivity contribution is -0.137. The van der Waals surface area contributed by atoms with Gasteiger partial charge in [-0.05, 0) is 12.8 Å². The van der Waals surface area contributed by atoms with E-state index in [-0.39, 0.29) is 18.6 Å². The van der Waals surface area contributed by atoms with Crippen LogP contribution in [0.25, 0.3) is 0 Å². The molecule has 2 N–H and O–H groups in total. The molecule has 1 fully saturated rings. The van der Waals surface area contributed by atoms with Gasteiger partial charge in [-0.2, -0.15) is 0 Å². The van der Waals surface area contributed by atoms with Crippen molar-refractivity contribution in [2.45, 2.75) is 18.9 Å². The fourth-order valence-corrected chi connectivity index (χ4v) is 1.72. The van der Waals surface area contributed by atoms with Gasteiger partial charge in [-0.3, -0.25) is 4.79 Å². The third kappa shape index (κ3) is 4.15. The summed E-state index contributed by atoms with van der Waals surface area (Å²) < 4.78 is 10.3. The third-order valence-corrected chi connectivity index (χ3v) is 2.53. The van der Waals surface area contributed by atoms with Gasteiger partial charge >= 0.3 is 0 Å². The summed E-state index contributed by atoms with van der Waals surface area (Å²) in [5, 5.41) is 0. The first kappa shape index (κ1) is 12.4. The Morgan fingerprint density at radius 1 is 1.47 bits per heavy atom. The molecule has 1 amide bonds. The van der Waals surface area contributed by atoms with E-state index in [9.17, 15) is 4.79 Å². The molecule has 1 aliphatic heterocycles. The van der Waals surface area contributed by atoms with Crippen LogP contribution in [0.5, 0.6) is 0 Å². The van der Waals surface area contributed by atoms with Gasteiger partial charge in [0.1, 0.15) is 6.61 Å². The average Bonchev–Trinajstić information content (AvgIpc) is 2.27. The molecule has 88 valence electrons. The lowest BCUT2D eigenvalue weighted by Gasteiger charge is -2.31. The molecule has 5 nitrogen and oxygen atoms in total. The summed E-state index contributed by atoms with van der Waals surface area (Å²) in [7, 11) is 1.54. The van der Waals surface area contributed by atoms with Crippen LogP contribution in [0.15, 0.2) is 0 Å². The molecule has 0 unspecified atom stereocenters. The Morgan fingerprint density at radius 2 is 2.13 bits per heavy atom. The van der Waals surface area contributed by atoms with Gasteiger partial charge in [0.05, 0.1) is 12.7 Å². The highest BCUT2D eigenvalue weighted by atomic mass is 16.5. The number of carbonyl (C=O) groups is 1. The van der Waals surface area contributed by atoms with Crippen molar-refractivity contribution in [2.24, 2.45) is 5.73 Å². The van der Waals surface area contributed by atoms with Gasteiger partial charge in [0.25, 0.3) is 0 Å². The number of ether oxygens (including phenoxy) is 2. The number of nitrogens with zero attached hydrogens (tertiary/aromatic N) is 1.